The van der Waals surface area contributed by atoms with Crippen LogP contribution in [0.2, 0.25) is 0 Å². The monoisotopic (exact) mass is 301 g/mol. The topological polar surface area (TPSA) is 71.1 Å². The second kappa shape index (κ2) is 6.90. The molecule has 0 aliphatic heterocycles. The van der Waals surface area contributed by atoms with Crippen LogP contribution in [0, 0.1) is 11.8 Å². The van der Waals surface area contributed by atoms with Gasteiger partial charge in [-0.1, -0.05) is 25.7 Å². The predicted octanol–water partition coefficient (Wildman–Crippen LogP) is 3.34. The minimum atomic E-state index is 0.0209. The lowest BCUT2D eigenvalue weighted by atomic mass is 10.1. The summed E-state index contributed by atoms with van der Waals surface area (Å²) < 4.78 is 0. The summed E-state index contributed by atoms with van der Waals surface area (Å²) >= 11 is 0. The van der Waals surface area contributed by atoms with Crippen molar-refractivity contribution in [2.75, 3.05) is 10.6 Å². The second-order valence-corrected chi connectivity index (χ2v) is 6.34. The molecule has 0 unspecified atom stereocenters. The van der Waals surface area contributed by atoms with Crippen LogP contribution >= 0.6 is 0 Å². The summed E-state index contributed by atoms with van der Waals surface area (Å²) in [5, 5.41) is 5.82. The number of anilines is 2. The molecule has 1 heterocycles. The van der Waals surface area contributed by atoms with Crippen molar-refractivity contribution in [3.8, 4) is 0 Å². The maximum Gasteiger partial charge on any atom is 0.228 e. The number of carbonyl (C=O) groups excluding carboxylic acids is 2. The third-order valence-corrected chi connectivity index (χ3v) is 4.76. The summed E-state index contributed by atoms with van der Waals surface area (Å²) in [7, 11) is 0. The van der Waals surface area contributed by atoms with Crippen LogP contribution in [0.25, 0.3) is 0 Å². The quantitative estimate of drug-likeness (QED) is 0.896. The molecular formula is C17H23N3O2. The van der Waals surface area contributed by atoms with Gasteiger partial charge in [0, 0.05) is 18.0 Å². The Balaban J connectivity index is 1.66. The molecule has 0 atom stereocenters. The average molecular weight is 301 g/mol. The summed E-state index contributed by atoms with van der Waals surface area (Å²) in [5.74, 6) is 0.708. The largest absolute Gasteiger partial charge is 0.323 e. The summed E-state index contributed by atoms with van der Waals surface area (Å²) in [6, 6.07) is 3.57. The summed E-state index contributed by atoms with van der Waals surface area (Å²) in [4.78, 5) is 28.7. The van der Waals surface area contributed by atoms with Crippen molar-refractivity contribution >= 4 is 23.3 Å². The van der Waals surface area contributed by atoms with Crippen molar-refractivity contribution in [1.29, 1.82) is 0 Å². The summed E-state index contributed by atoms with van der Waals surface area (Å²) in [6.45, 7) is 0. The molecule has 5 heteroatoms. The Morgan fingerprint density at radius 1 is 0.909 bits per heavy atom. The van der Waals surface area contributed by atoms with Gasteiger partial charge in [0.25, 0.3) is 0 Å². The summed E-state index contributed by atoms with van der Waals surface area (Å²) in [6.07, 6.45) is 9.91. The highest BCUT2D eigenvalue weighted by molar-refractivity contribution is 5.99. The fraction of sp³-hybridized carbons (Fsp3) is 0.588. The molecule has 0 bridgehead atoms. The van der Waals surface area contributed by atoms with Crippen molar-refractivity contribution in [2.45, 2.75) is 51.4 Å². The average Bonchev–Trinajstić information content (AvgIpc) is 3.23. The van der Waals surface area contributed by atoms with Crippen LogP contribution in [0.5, 0.6) is 0 Å². The third-order valence-electron chi connectivity index (χ3n) is 4.76. The fourth-order valence-electron chi connectivity index (χ4n) is 3.44. The Kier molecular flexibility index (Phi) is 4.71. The number of nitrogens with zero attached hydrogens (tertiary/aromatic N) is 1. The van der Waals surface area contributed by atoms with Crippen molar-refractivity contribution in [1.82, 2.24) is 4.98 Å². The Labute approximate surface area is 130 Å². The van der Waals surface area contributed by atoms with E-state index in [0.717, 1.165) is 51.4 Å². The first-order chi connectivity index (χ1) is 10.7. The fourth-order valence-corrected chi connectivity index (χ4v) is 3.44. The van der Waals surface area contributed by atoms with Crippen LogP contribution in [0.3, 0.4) is 0 Å². The highest BCUT2D eigenvalue weighted by atomic mass is 16.2. The molecule has 3 rings (SSSR count). The second-order valence-electron chi connectivity index (χ2n) is 6.34. The normalized spacial score (nSPS) is 19.3. The Morgan fingerprint density at radius 2 is 1.45 bits per heavy atom. The highest BCUT2D eigenvalue weighted by Gasteiger charge is 2.25. The lowest BCUT2D eigenvalue weighted by Gasteiger charge is -2.15. The van der Waals surface area contributed by atoms with Crippen molar-refractivity contribution < 1.29 is 9.59 Å². The molecule has 0 saturated heterocycles. The van der Waals surface area contributed by atoms with Gasteiger partial charge in [-0.25, -0.2) is 4.98 Å². The third kappa shape index (κ3) is 3.46. The first-order valence-corrected chi connectivity index (χ1v) is 8.31. The maximum atomic E-state index is 12.3. The SMILES string of the molecule is O=C(Nc1cccnc1NC(=O)C1CCCC1)C1CCCC1. The van der Waals surface area contributed by atoms with E-state index in [1.807, 2.05) is 0 Å². The number of pyridine rings is 1. The maximum absolute atomic E-state index is 12.3. The van der Waals surface area contributed by atoms with Gasteiger partial charge in [-0.2, -0.15) is 0 Å². The number of carbonyl (C=O) groups is 2. The Bertz CT molecular complexity index is 498. The molecule has 0 aromatic carbocycles. The van der Waals surface area contributed by atoms with Crippen molar-refractivity contribution in [3.05, 3.63) is 18.3 Å². The molecule has 2 aliphatic carbocycles. The molecule has 2 amide bonds. The Morgan fingerprint density at radius 3 is 2.05 bits per heavy atom. The van der Waals surface area contributed by atoms with Gasteiger partial charge < -0.3 is 10.6 Å². The van der Waals surface area contributed by atoms with Gasteiger partial charge in [0.05, 0.1) is 5.69 Å². The van der Waals surface area contributed by atoms with E-state index < -0.39 is 0 Å². The molecule has 2 N–H and O–H groups in total. The summed E-state index contributed by atoms with van der Waals surface area (Å²) in [5.41, 5.74) is 0.603. The van der Waals surface area contributed by atoms with E-state index in [4.69, 9.17) is 0 Å². The minimum absolute atomic E-state index is 0.0209. The molecule has 118 valence electrons. The number of hydrogen-bond acceptors (Lipinski definition) is 3. The first-order valence-electron chi connectivity index (χ1n) is 8.31. The zero-order valence-electron chi connectivity index (χ0n) is 12.8. The van der Waals surface area contributed by atoms with E-state index >= 15 is 0 Å². The smallest absolute Gasteiger partial charge is 0.228 e. The molecule has 0 spiro atoms. The molecule has 2 fully saturated rings. The van der Waals surface area contributed by atoms with Gasteiger partial charge in [0.2, 0.25) is 11.8 Å². The molecule has 1 aromatic rings. The van der Waals surface area contributed by atoms with Crippen LogP contribution < -0.4 is 10.6 Å². The molecule has 2 saturated carbocycles. The molecule has 5 nitrogen and oxygen atoms in total. The number of nitrogens with one attached hydrogen (secondary N) is 2. The zero-order valence-corrected chi connectivity index (χ0v) is 12.8. The molecule has 2 aliphatic rings. The number of amides is 2. The van der Waals surface area contributed by atoms with E-state index in [0.29, 0.717) is 11.5 Å². The van der Waals surface area contributed by atoms with Crippen LogP contribution in [-0.2, 0) is 9.59 Å². The number of aromatic nitrogens is 1. The molecule has 22 heavy (non-hydrogen) atoms. The zero-order chi connectivity index (χ0) is 15.4. The van der Waals surface area contributed by atoms with Gasteiger partial charge in [0.15, 0.2) is 5.82 Å². The van der Waals surface area contributed by atoms with Crippen LogP contribution in [-0.4, -0.2) is 16.8 Å². The van der Waals surface area contributed by atoms with E-state index in [9.17, 15) is 9.59 Å². The van der Waals surface area contributed by atoms with Gasteiger partial charge >= 0.3 is 0 Å². The van der Waals surface area contributed by atoms with Crippen molar-refractivity contribution in [3.63, 3.8) is 0 Å². The first kappa shape index (κ1) is 15.0. The lowest BCUT2D eigenvalue weighted by molar-refractivity contribution is -0.120. The Hall–Kier alpha value is -1.91. The molecular weight excluding hydrogens is 278 g/mol. The van der Waals surface area contributed by atoms with Gasteiger partial charge in [-0.05, 0) is 37.8 Å². The number of rotatable bonds is 4. The van der Waals surface area contributed by atoms with E-state index in [2.05, 4.69) is 15.6 Å². The van der Waals surface area contributed by atoms with E-state index in [1.165, 1.54) is 0 Å². The number of hydrogen-bond donors (Lipinski definition) is 2. The lowest BCUT2D eigenvalue weighted by Crippen LogP contribution is -2.24. The van der Waals surface area contributed by atoms with Gasteiger partial charge in [-0.15, -0.1) is 0 Å². The van der Waals surface area contributed by atoms with Crippen LogP contribution in [0.4, 0.5) is 11.5 Å². The van der Waals surface area contributed by atoms with E-state index in [1.54, 1.807) is 18.3 Å². The van der Waals surface area contributed by atoms with Gasteiger partial charge in [-0.3, -0.25) is 9.59 Å². The predicted molar refractivity (Wildman–Crippen MR) is 85.4 cm³/mol. The van der Waals surface area contributed by atoms with Crippen molar-refractivity contribution in [2.24, 2.45) is 11.8 Å². The van der Waals surface area contributed by atoms with Crippen LogP contribution in [0.15, 0.2) is 18.3 Å². The van der Waals surface area contributed by atoms with E-state index in [-0.39, 0.29) is 23.7 Å². The van der Waals surface area contributed by atoms with Gasteiger partial charge in [0.1, 0.15) is 0 Å². The molecule has 0 radical (unpaired) electrons. The highest BCUT2D eigenvalue weighted by Crippen LogP contribution is 2.29. The molecule has 1 aromatic heterocycles. The standard InChI is InChI=1S/C17H23N3O2/c21-16(12-6-1-2-7-12)19-14-10-5-11-18-15(14)20-17(22)13-8-3-4-9-13/h5,10-13H,1-4,6-9H2,(H,19,21)(H,18,20,22). The minimum Gasteiger partial charge on any atom is -0.323 e. The van der Waals surface area contributed by atoms with Crippen LogP contribution in [0.1, 0.15) is 51.4 Å².